The van der Waals surface area contributed by atoms with Gasteiger partial charge in [0.2, 0.25) is 0 Å². The van der Waals surface area contributed by atoms with Gasteiger partial charge in [0.15, 0.2) is 0 Å². The average Bonchev–Trinajstić information content (AvgIpc) is 2.29. The minimum atomic E-state index is -0.273. The predicted molar refractivity (Wildman–Crippen MR) is 58.6 cm³/mol. The summed E-state index contributed by atoms with van der Waals surface area (Å²) in [6.45, 7) is -0.0671. The molecule has 0 aliphatic carbocycles. The number of rotatable bonds is 4. The van der Waals surface area contributed by atoms with Crippen molar-refractivity contribution in [1.82, 2.24) is 10.6 Å². The van der Waals surface area contributed by atoms with Gasteiger partial charge in [-0.05, 0) is 12.0 Å². The van der Waals surface area contributed by atoms with Gasteiger partial charge in [-0.25, -0.2) is 4.79 Å². The molecule has 1 rings (SSSR count). The summed E-state index contributed by atoms with van der Waals surface area (Å²) in [7, 11) is 1.55. The summed E-state index contributed by atoms with van der Waals surface area (Å²) in [6, 6.07) is 9.22. The number of hydrogen-bond acceptors (Lipinski definition) is 2. The Balaban J connectivity index is 2.50. The van der Waals surface area contributed by atoms with Crippen LogP contribution in [0, 0.1) is 0 Å². The van der Waals surface area contributed by atoms with Crippen LogP contribution in [0.1, 0.15) is 5.56 Å². The van der Waals surface area contributed by atoms with E-state index in [-0.39, 0.29) is 18.7 Å². The SMILES string of the molecule is CNC(=O)N[C@@H](CO)Cc1ccccc1. The smallest absolute Gasteiger partial charge is 0.314 e. The second-order valence-electron chi connectivity index (χ2n) is 3.29. The Morgan fingerprint density at radius 3 is 2.60 bits per heavy atom. The van der Waals surface area contributed by atoms with Crippen molar-refractivity contribution >= 4 is 6.03 Å². The molecule has 0 spiro atoms. The predicted octanol–water partition coefficient (Wildman–Crippen LogP) is 0.519. The second-order valence-corrected chi connectivity index (χ2v) is 3.29. The molecule has 0 aliphatic rings. The van der Waals surface area contributed by atoms with Crippen molar-refractivity contribution in [3.05, 3.63) is 35.9 Å². The van der Waals surface area contributed by atoms with E-state index in [1.165, 1.54) is 0 Å². The number of aliphatic hydroxyl groups excluding tert-OH is 1. The molecule has 0 aliphatic heterocycles. The van der Waals surface area contributed by atoms with Gasteiger partial charge < -0.3 is 15.7 Å². The summed E-state index contributed by atoms with van der Waals surface area (Å²) in [6.07, 6.45) is 0.630. The van der Waals surface area contributed by atoms with Crippen molar-refractivity contribution in [2.75, 3.05) is 13.7 Å². The Labute approximate surface area is 89.3 Å². The topological polar surface area (TPSA) is 61.4 Å². The van der Waals surface area contributed by atoms with Gasteiger partial charge in [-0.15, -0.1) is 0 Å². The average molecular weight is 208 g/mol. The molecule has 0 bridgehead atoms. The van der Waals surface area contributed by atoms with Crippen LogP contribution in [0.25, 0.3) is 0 Å². The molecule has 1 aromatic rings. The number of amides is 2. The number of urea groups is 1. The van der Waals surface area contributed by atoms with E-state index in [1.54, 1.807) is 7.05 Å². The van der Waals surface area contributed by atoms with E-state index in [0.29, 0.717) is 6.42 Å². The number of carbonyl (C=O) groups excluding carboxylic acids is 1. The maximum absolute atomic E-state index is 11.0. The normalized spacial score (nSPS) is 11.9. The highest BCUT2D eigenvalue weighted by atomic mass is 16.3. The molecule has 0 unspecified atom stereocenters. The Kier molecular flexibility index (Phi) is 4.63. The molecule has 0 aromatic heterocycles. The highest BCUT2D eigenvalue weighted by molar-refractivity contribution is 5.73. The zero-order valence-electron chi connectivity index (χ0n) is 8.73. The molecular formula is C11H16N2O2. The van der Waals surface area contributed by atoms with Crippen LogP contribution in [-0.2, 0) is 6.42 Å². The molecule has 0 saturated carbocycles. The quantitative estimate of drug-likeness (QED) is 0.675. The van der Waals surface area contributed by atoms with Crippen molar-refractivity contribution < 1.29 is 9.90 Å². The molecule has 3 N–H and O–H groups in total. The molecule has 4 nitrogen and oxygen atoms in total. The van der Waals surface area contributed by atoms with Gasteiger partial charge in [-0.1, -0.05) is 30.3 Å². The van der Waals surface area contributed by atoms with E-state index in [1.807, 2.05) is 30.3 Å². The van der Waals surface area contributed by atoms with Crippen molar-refractivity contribution in [3.63, 3.8) is 0 Å². The summed E-state index contributed by atoms with van der Waals surface area (Å²) in [4.78, 5) is 11.0. The van der Waals surface area contributed by atoms with Crippen molar-refractivity contribution in [3.8, 4) is 0 Å². The lowest BCUT2D eigenvalue weighted by atomic mass is 10.1. The van der Waals surface area contributed by atoms with Crippen LogP contribution in [0.5, 0.6) is 0 Å². The van der Waals surface area contributed by atoms with Gasteiger partial charge in [-0.2, -0.15) is 0 Å². The Morgan fingerprint density at radius 2 is 2.07 bits per heavy atom. The van der Waals surface area contributed by atoms with Crippen LogP contribution in [0.15, 0.2) is 30.3 Å². The fourth-order valence-corrected chi connectivity index (χ4v) is 1.32. The van der Waals surface area contributed by atoms with Gasteiger partial charge in [0, 0.05) is 7.05 Å². The van der Waals surface area contributed by atoms with Gasteiger partial charge in [0.1, 0.15) is 0 Å². The molecule has 4 heteroatoms. The van der Waals surface area contributed by atoms with Crippen molar-refractivity contribution in [1.29, 1.82) is 0 Å². The van der Waals surface area contributed by atoms with E-state index >= 15 is 0 Å². The first-order valence-electron chi connectivity index (χ1n) is 4.89. The summed E-state index contributed by atoms with van der Waals surface area (Å²) in [5.41, 5.74) is 1.09. The molecule has 2 amide bonds. The van der Waals surface area contributed by atoms with Crippen LogP contribution in [0.2, 0.25) is 0 Å². The summed E-state index contributed by atoms with van der Waals surface area (Å²) in [5, 5.41) is 14.2. The van der Waals surface area contributed by atoms with E-state index < -0.39 is 0 Å². The zero-order chi connectivity index (χ0) is 11.1. The zero-order valence-corrected chi connectivity index (χ0v) is 8.73. The van der Waals surface area contributed by atoms with Crippen LogP contribution in [0.3, 0.4) is 0 Å². The highest BCUT2D eigenvalue weighted by Crippen LogP contribution is 2.02. The van der Waals surface area contributed by atoms with Gasteiger partial charge in [-0.3, -0.25) is 0 Å². The van der Waals surface area contributed by atoms with E-state index in [9.17, 15) is 4.79 Å². The lowest BCUT2D eigenvalue weighted by molar-refractivity contribution is 0.217. The molecule has 15 heavy (non-hydrogen) atoms. The fraction of sp³-hybridized carbons (Fsp3) is 0.364. The number of nitrogens with one attached hydrogen (secondary N) is 2. The summed E-state index contributed by atoms with van der Waals surface area (Å²) in [5.74, 6) is 0. The van der Waals surface area contributed by atoms with E-state index in [2.05, 4.69) is 10.6 Å². The minimum absolute atomic E-state index is 0.0671. The number of carbonyl (C=O) groups is 1. The first kappa shape index (κ1) is 11.5. The maximum atomic E-state index is 11.0. The monoisotopic (exact) mass is 208 g/mol. The largest absolute Gasteiger partial charge is 0.394 e. The van der Waals surface area contributed by atoms with Crippen LogP contribution < -0.4 is 10.6 Å². The van der Waals surface area contributed by atoms with Gasteiger partial charge in [0.05, 0.1) is 12.6 Å². The fourth-order valence-electron chi connectivity index (χ4n) is 1.32. The number of hydrogen-bond donors (Lipinski definition) is 3. The third kappa shape index (κ3) is 3.99. The Morgan fingerprint density at radius 1 is 1.40 bits per heavy atom. The molecule has 82 valence electrons. The third-order valence-electron chi connectivity index (χ3n) is 2.11. The first-order chi connectivity index (χ1) is 7.26. The lowest BCUT2D eigenvalue weighted by Gasteiger charge is -2.15. The third-order valence-corrected chi connectivity index (χ3v) is 2.11. The van der Waals surface area contributed by atoms with Crippen molar-refractivity contribution in [2.24, 2.45) is 0 Å². The Bertz CT molecular complexity index is 301. The van der Waals surface area contributed by atoms with Crippen LogP contribution in [-0.4, -0.2) is 30.8 Å². The summed E-state index contributed by atoms with van der Waals surface area (Å²) < 4.78 is 0. The number of benzene rings is 1. The lowest BCUT2D eigenvalue weighted by Crippen LogP contribution is -2.43. The van der Waals surface area contributed by atoms with E-state index in [4.69, 9.17) is 5.11 Å². The second kappa shape index (κ2) is 6.03. The number of aliphatic hydroxyl groups is 1. The van der Waals surface area contributed by atoms with E-state index in [0.717, 1.165) is 5.56 Å². The molecule has 0 saturated heterocycles. The molecule has 1 atom stereocenters. The van der Waals surface area contributed by atoms with Crippen LogP contribution in [0.4, 0.5) is 4.79 Å². The first-order valence-corrected chi connectivity index (χ1v) is 4.89. The Hall–Kier alpha value is -1.55. The molecule has 0 heterocycles. The van der Waals surface area contributed by atoms with Crippen molar-refractivity contribution in [2.45, 2.75) is 12.5 Å². The molecular weight excluding hydrogens is 192 g/mol. The summed E-state index contributed by atoms with van der Waals surface area (Å²) >= 11 is 0. The standard InChI is InChI=1S/C11H16N2O2/c1-12-11(15)13-10(8-14)7-9-5-3-2-4-6-9/h2-6,10,14H,7-8H2,1H3,(H2,12,13,15)/t10-/m1/s1. The maximum Gasteiger partial charge on any atom is 0.314 e. The van der Waals surface area contributed by atoms with Crippen LogP contribution >= 0.6 is 0 Å². The van der Waals surface area contributed by atoms with Gasteiger partial charge in [0.25, 0.3) is 0 Å². The minimum Gasteiger partial charge on any atom is -0.394 e. The molecule has 0 fully saturated rings. The molecule has 1 aromatic carbocycles. The molecule has 0 radical (unpaired) electrons. The van der Waals surface area contributed by atoms with Gasteiger partial charge >= 0.3 is 6.03 Å². The highest BCUT2D eigenvalue weighted by Gasteiger charge is 2.10.